The number of anilines is 1. The molecule has 1 rings (SSSR count). The van der Waals surface area contributed by atoms with E-state index in [1.807, 2.05) is 32.2 Å². The summed E-state index contributed by atoms with van der Waals surface area (Å²) in [5.74, 6) is 11.6. The van der Waals surface area contributed by atoms with Crippen LogP contribution in [-0.2, 0) is 0 Å². The van der Waals surface area contributed by atoms with Crippen LogP contribution in [0.5, 0.6) is 0 Å². The van der Waals surface area contributed by atoms with Crippen LogP contribution in [0.4, 0.5) is 5.69 Å². The van der Waals surface area contributed by atoms with Gasteiger partial charge in [0.05, 0.1) is 9.26 Å². The molecule has 0 unspecified atom stereocenters. The van der Waals surface area contributed by atoms with Gasteiger partial charge in [0.15, 0.2) is 0 Å². The van der Waals surface area contributed by atoms with Crippen LogP contribution in [0, 0.1) is 15.4 Å². The second kappa shape index (κ2) is 4.49. The van der Waals surface area contributed by atoms with E-state index >= 15 is 0 Å². The zero-order valence-electron chi connectivity index (χ0n) is 7.63. The predicted molar refractivity (Wildman–Crippen MR) is 64.3 cm³/mol. The van der Waals surface area contributed by atoms with E-state index in [2.05, 4.69) is 34.4 Å². The van der Waals surface area contributed by atoms with Crippen molar-refractivity contribution in [3.8, 4) is 11.8 Å². The van der Waals surface area contributed by atoms with Crippen molar-refractivity contribution in [3.05, 3.63) is 27.3 Å². The molecule has 68 valence electrons. The molecule has 0 radical (unpaired) electrons. The summed E-state index contributed by atoms with van der Waals surface area (Å²) in [5.41, 5.74) is 2.03. The molecule has 1 aromatic carbocycles. The Balaban J connectivity index is 3.23. The topological polar surface area (TPSA) is 29.3 Å². The highest BCUT2D eigenvalue weighted by Gasteiger charge is 2.04. The van der Waals surface area contributed by atoms with Crippen molar-refractivity contribution in [2.75, 3.05) is 12.1 Å². The maximum Gasteiger partial charge on any atom is 0.0660 e. The van der Waals surface area contributed by atoms with Crippen molar-refractivity contribution in [1.82, 2.24) is 0 Å². The van der Waals surface area contributed by atoms with Crippen LogP contribution in [0.25, 0.3) is 0 Å². The maximum atomic E-state index is 5.66. The fraction of sp³-hybridized carbons (Fsp3) is 0.200. The van der Waals surface area contributed by atoms with Crippen molar-refractivity contribution in [1.29, 1.82) is 0 Å². The Morgan fingerprint density at radius 1 is 1.46 bits per heavy atom. The van der Waals surface area contributed by atoms with Crippen LogP contribution in [0.15, 0.2) is 18.2 Å². The lowest BCUT2D eigenvalue weighted by molar-refractivity contribution is 1.01. The molecule has 1 aromatic rings. The first-order chi connectivity index (χ1) is 6.16. The van der Waals surface area contributed by atoms with Gasteiger partial charge in [0.2, 0.25) is 0 Å². The summed E-state index contributed by atoms with van der Waals surface area (Å²) in [4.78, 5) is 0. The van der Waals surface area contributed by atoms with Gasteiger partial charge in [-0.1, -0.05) is 12.0 Å². The second-order valence-corrected chi connectivity index (χ2v) is 3.70. The lowest BCUT2D eigenvalue weighted by atomic mass is 10.2. The zero-order valence-corrected chi connectivity index (χ0v) is 9.79. The largest absolute Gasteiger partial charge is 0.313 e. The molecule has 0 bridgehead atoms. The van der Waals surface area contributed by atoms with E-state index in [9.17, 15) is 0 Å². The first-order valence-corrected chi connectivity index (χ1v) is 4.94. The van der Waals surface area contributed by atoms with Crippen LogP contribution >= 0.6 is 22.6 Å². The molecule has 0 aromatic heterocycles. The summed E-state index contributed by atoms with van der Waals surface area (Å²) in [7, 11) is 1.82. The summed E-state index contributed by atoms with van der Waals surface area (Å²) in [6.45, 7) is 1.83. The zero-order chi connectivity index (χ0) is 9.84. The predicted octanol–water partition coefficient (Wildman–Crippen LogP) is 1.97. The fourth-order valence-electron chi connectivity index (χ4n) is 1.02. The third kappa shape index (κ3) is 2.36. The lowest BCUT2D eigenvalue weighted by Gasteiger charge is -2.14. The van der Waals surface area contributed by atoms with Gasteiger partial charge in [-0.25, -0.2) is 5.84 Å². The van der Waals surface area contributed by atoms with E-state index in [1.165, 1.54) is 0 Å². The Morgan fingerprint density at radius 3 is 2.69 bits per heavy atom. The molecule has 0 aliphatic heterocycles. The molecule has 0 saturated heterocycles. The van der Waals surface area contributed by atoms with Gasteiger partial charge in [0, 0.05) is 12.6 Å². The van der Waals surface area contributed by atoms with Crippen LogP contribution in [0.1, 0.15) is 12.5 Å². The van der Waals surface area contributed by atoms with Gasteiger partial charge in [-0.2, -0.15) is 0 Å². The quantitative estimate of drug-likeness (QED) is 0.370. The molecule has 2 N–H and O–H groups in total. The van der Waals surface area contributed by atoms with Crippen molar-refractivity contribution >= 4 is 28.3 Å². The fourth-order valence-corrected chi connectivity index (χ4v) is 1.90. The molecule has 3 heteroatoms. The third-order valence-electron chi connectivity index (χ3n) is 1.62. The number of nitrogens with two attached hydrogens (primary N) is 1. The second-order valence-electron chi connectivity index (χ2n) is 2.62. The van der Waals surface area contributed by atoms with E-state index in [0.29, 0.717) is 0 Å². The number of nitrogens with zero attached hydrogens (tertiary/aromatic N) is 1. The van der Waals surface area contributed by atoms with Crippen LogP contribution in [0.2, 0.25) is 0 Å². The summed E-state index contributed by atoms with van der Waals surface area (Å²) in [6.07, 6.45) is 0. The molecule has 0 saturated carbocycles. The van der Waals surface area contributed by atoms with Crippen LogP contribution in [-0.4, -0.2) is 7.05 Å². The number of rotatable bonds is 1. The number of hydrogen-bond donors (Lipinski definition) is 1. The first kappa shape index (κ1) is 10.4. The number of benzene rings is 1. The molecular formula is C10H11IN2. The Bertz CT molecular complexity index is 361. The molecular weight excluding hydrogens is 275 g/mol. The number of hydrazine groups is 1. The van der Waals surface area contributed by atoms with Crippen molar-refractivity contribution in [3.63, 3.8) is 0 Å². The number of hydrogen-bond acceptors (Lipinski definition) is 2. The minimum absolute atomic E-state index is 1.00. The average Bonchev–Trinajstić information content (AvgIpc) is 2.08. The van der Waals surface area contributed by atoms with Gasteiger partial charge in [-0.15, -0.1) is 5.92 Å². The average molecular weight is 286 g/mol. The SMILES string of the molecule is CC#Cc1cccc(N(C)N)c1I. The van der Waals surface area contributed by atoms with Crippen molar-refractivity contribution < 1.29 is 0 Å². The summed E-state index contributed by atoms with van der Waals surface area (Å²) in [5, 5.41) is 1.60. The smallest absolute Gasteiger partial charge is 0.0660 e. The normalized spacial score (nSPS) is 8.92. The highest BCUT2D eigenvalue weighted by molar-refractivity contribution is 14.1. The van der Waals surface area contributed by atoms with Gasteiger partial charge in [-0.3, -0.25) is 0 Å². The van der Waals surface area contributed by atoms with E-state index < -0.39 is 0 Å². The molecule has 0 fully saturated rings. The molecule has 0 spiro atoms. The minimum atomic E-state index is 1.00. The van der Waals surface area contributed by atoms with E-state index in [0.717, 1.165) is 14.8 Å². The standard InChI is InChI=1S/C10H11IN2/c1-3-5-8-6-4-7-9(10(8)11)13(2)12/h4,6-7H,12H2,1-2H3. The highest BCUT2D eigenvalue weighted by atomic mass is 127. The highest BCUT2D eigenvalue weighted by Crippen LogP contribution is 2.22. The molecule has 2 nitrogen and oxygen atoms in total. The Kier molecular flexibility index (Phi) is 3.58. The van der Waals surface area contributed by atoms with E-state index in [1.54, 1.807) is 5.01 Å². The van der Waals surface area contributed by atoms with Gasteiger partial charge in [-0.05, 0) is 41.6 Å². The van der Waals surface area contributed by atoms with Crippen LogP contribution < -0.4 is 10.9 Å². The Morgan fingerprint density at radius 2 is 2.15 bits per heavy atom. The van der Waals surface area contributed by atoms with Gasteiger partial charge in [0.1, 0.15) is 0 Å². The van der Waals surface area contributed by atoms with Crippen molar-refractivity contribution in [2.45, 2.75) is 6.92 Å². The van der Waals surface area contributed by atoms with Crippen molar-refractivity contribution in [2.24, 2.45) is 5.84 Å². The van der Waals surface area contributed by atoms with Crippen LogP contribution in [0.3, 0.4) is 0 Å². The molecule has 0 heterocycles. The van der Waals surface area contributed by atoms with E-state index in [4.69, 9.17) is 5.84 Å². The Labute approximate surface area is 92.2 Å². The minimum Gasteiger partial charge on any atom is -0.313 e. The summed E-state index contributed by atoms with van der Waals surface area (Å²) >= 11 is 2.26. The van der Waals surface area contributed by atoms with E-state index in [-0.39, 0.29) is 0 Å². The molecule has 0 aliphatic rings. The molecule has 0 atom stereocenters. The first-order valence-electron chi connectivity index (χ1n) is 3.86. The van der Waals surface area contributed by atoms with Gasteiger partial charge in [0.25, 0.3) is 0 Å². The Hall–Kier alpha value is -0.730. The van der Waals surface area contributed by atoms with Gasteiger partial charge < -0.3 is 5.01 Å². The van der Waals surface area contributed by atoms with Gasteiger partial charge >= 0.3 is 0 Å². The maximum absolute atomic E-state index is 5.66. The summed E-state index contributed by atoms with van der Waals surface area (Å²) < 4.78 is 1.10. The molecule has 0 aliphatic carbocycles. The lowest BCUT2D eigenvalue weighted by Crippen LogP contribution is -2.26. The summed E-state index contributed by atoms with van der Waals surface area (Å²) in [6, 6.07) is 5.93. The molecule has 0 amide bonds. The monoisotopic (exact) mass is 286 g/mol. The number of halogens is 1. The molecule has 13 heavy (non-hydrogen) atoms. The third-order valence-corrected chi connectivity index (χ3v) is 2.75.